The molecule has 19 heavy (non-hydrogen) atoms. The summed E-state index contributed by atoms with van der Waals surface area (Å²) in [6.07, 6.45) is 0.770. The lowest BCUT2D eigenvalue weighted by atomic mass is 10.1. The van der Waals surface area contributed by atoms with E-state index in [2.05, 4.69) is 5.32 Å². The molecule has 0 radical (unpaired) electrons. The molecule has 1 fully saturated rings. The second-order valence-electron chi connectivity index (χ2n) is 5.13. The smallest absolute Gasteiger partial charge is 0.306 e. The van der Waals surface area contributed by atoms with Gasteiger partial charge in [-0.3, -0.25) is 4.79 Å². The average molecular weight is 263 g/mol. The summed E-state index contributed by atoms with van der Waals surface area (Å²) in [5.74, 6) is 0.912. The highest BCUT2D eigenvalue weighted by Gasteiger charge is 2.42. The lowest BCUT2D eigenvalue weighted by Gasteiger charge is -2.20. The van der Waals surface area contributed by atoms with Crippen molar-refractivity contribution in [2.24, 2.45) is 11.8 Å². The quantitative estimate of drug-likeness (QED) is 0.868. The Kier molecular flexibility index (Phi) is 2.97. The first-order valence-electron chi connectivity index (χ1n) is 6.52. The maximum absolute atomic E-state index is 10.8. The number of hydrogen-bond donors (Lipinski definition) is 2. The summed E-state index contributed by atoms with van der Waals surface area (Å²) in [5, 5.41) is 12.2. The Labute approximate surface area is 111 Å². The first-order chi connectivity index (χ1) is 9.15. The van der Waals surface area contributed by atoms with Crippen molar-refractivity contribution < 1.29 is 19.4 Å². The number of nitrogens with one attached hydrogen (secondary N) is 1. The van der Waals surface area contributed by atoms with Gasteiger partial charge in [0.2, 0.25) is 0 Å². The minimum atomic E-state index is -0.689. The fraction of sp³-hybridized carbons (Fsp3) is 0.500. The van der Waals surface area contributed by atoms with E-state index < -0.39 is 5.97 Å². The third-order valence-corrected chi connectivity index (χ3v) is 3.68. The predicted octanol–water partition coefficient (Wildman–Crippen LogP) is 1.90. The first-order valence-corrected chi connectivity index (χ1v) is 6.52. The minimum absolute atomic E-state index is 0.176. The number of fused-ring (bicyclic) bond motifs is 1. The standard InChI is InChI=1S/C14H17NO4/c1-8-4-12-13(19-3-2-18-12)6-11(8)15-7-9-5-10(9)14(16)17/h4,6,9-10,15H,2-3,5,7H2,1H3,(H,16,17). The fourth-order valence-corrected chi connectivity index (χ4v) is 2.40. The van der Waals surface area contributed by atoms with Crippen molar-refractivity contribution in [3.63, 3.8) is 0 Å². The van der Waals surface area contributed by atoms with Gasteiger partial charge in [-0.25, -0.2) is 0 Å². The molecule has 5 nitrogen and oxygen atoms in total. The molecule has 0 saturated heterocycles. The van der Waals surface area contributed by atoms with E-state index in [0.717, 1.165) is 29.2 Å². The molecule has 3 rings (SSSR count). The number of aryl methyl sites for hydroxylation is 1. The van der Waals surface area contributed by atoms with Crippen LogP contribution >= 0.6 is 0 Å². The number of benzene rings is 1. The molecule has 1 saturated carbocycles. The molecule has 0 aromatic heterocycles. The van der Waals surface area contributed by atoms with Crippen molar-refractivity contribution in [2.45, 2.75) is 13.3 Å². The number of carboxylic acid groups (broad SMARTS) is 1. The van der Waals surface area contributed by atoms with Crippen molar-refractivity contribution in [2.75, 3.05) is 25.1 Å². The maximum atomic E-state index is 10.8. The summed E-state index contributed by atoms with van der Waals surface area (Å²) in [6.45, 7) is 3.85. The molecule has 2 aliphatic rings. The van der Waals surface area contributed by atoms with E-state index in [1.54, 1.807) is 0 Å². The topological polar surface area (TPSA) is 67.8 Å². The lowest BCUT2D eigenvalue weighted by molar-refractivity contribution is -0.138. The molecule has 5 heteroatoms. The van der Waals surface area contributed by atoms with Gasteiger partial charge in [0, 0.05) is 18.3 Å². The van der Waals surface area contributed by atoms with Gasteiger partial charge in [-0.1, -0.05) is 0 Å². The largest absolute Gasteiger partial charge is 0.486 e. The molecule has 1 aliphatic carbocycles. The number of carboxylic acids is 1. The normalized spacial score (nSPS) is 23.8. The van der Waals surface area contributed by atoms with Crippen LogP contribution in [0.4, 0.5) is 5.69 Å². The van der Waals surface area contributed by atoms with Crippen LogP contribution in [-0.4, -0.2) is 30.8 Å². The van der Waals surface area contributed by atoms with E-state index in [9.17, 15) is 4.79 Å². The van der Waals surface area contributed by atoms with Crippen LogP contribution in [0, 0.1) is 18.8 Å². The van der Waals surface area contributed by atoms with E-state index in [0.29, 0.717) is 19.8 Å². The zero-order chi connectivity index (χ0) is 13.4. The molecule has 2 atom stereocenters. The highest BCUT2D eigenvalue weighted by Crippen LogP contribution is 2.40. The lowest BCUT2D eigenvalue weighted by Crippen LogP contribution is -2.16. The Morgan fingerprint density at radius 1 is 1.37 bits per heavy atom. The van der Waals surface area contributed by atoms with Crippen LogP contribution in [0.5, 0.6) is 11.5 Å². The van der Waals surface area contributed by atoms with E-state index in [-0.39, 0.29) is 11.8 Å². The van der Waals surface area contributed by atoms with Crippen molar-refractivity contribution >= 4 is 11.7 Å². The summed E-state index contributed by atoms with van der Waals surface area (Å²) in [7, 11) is 0. The fourth-order valence-electron chi connectivity index (χ4n) is 2.40. The molecule has 0 spiro atoms. The van der Waals surface area contributed by atoms with Gasteiger partial charge in [0.1, 0.15) is 13.2 Å². The van der Waals surface area contributed by atoms with Crippen LogP contribution in [-0.2, 0) is 4.79 Å². The van der Waals surface area contributed by atoms with Crippen LogP contribution in [0.15, 0.2) is 12.1 Å². The number of carbonyl (C=O) groups is 1. The van der Waals surface area contributed by atoms with Gasteiger partial charge in [0.25, 0.3) is 0 Å². The van der Waals surface area contributed by atoms with Crippen molar-refractivity contribution in [1.82, 2.24) is 0 Å². The Balaban J connectivity index is 1.66. The van der Waals surface area contributed by atoms with E-state index >= 15 is 0 Å². The molecule has 1 aliphatic heterocycles. The van der Waals surface area contributed by atoms with Gasteiger partial charge < -0.3 is 19.9 Å². The first kappa shape index (κ1) is 12.1. The second-order valence-corrected chi connectivity index (χ2v) is 5.13. The number of aliphatic carboxylic acids is 1. The average Bonchev–Trinajstić information content (AvgIpc) is 3.16. The van der Waals surface area contributed by atoms with Crippen LogP contribution in [0.1, 0.15) is 12.0 Å². The van der Waals surface area contributed by atoms with Crippen LogP contribution in [0.2, 0.25) is 0 Å². The maximum Gasteiger partial charge on any atom is 0.306 e. The van der Waals surface area contributed by atoms with Crippen LogP contribution in [0.3, 0.4) is 0 Å². The minimum Gasteiger partial charge on any atom is -0.486 e. The third kappa shape index (κ3) is 2.45. The van der Waals surface area contributed by atoms with Gasteiger partial charge in [-0.2, -0.15) is 0 Å². The van der Waals surface area contributed by atoms with Gasteiger partial charge in [0.15, 0.2) is 11.5 Å². The summed E-state index contributed by atoms with van der Waals surface area (Å²) in [6, 6.07) is 3.89. The molecule has 1 aromatic rings. The number of anilines is 1. The van der Waals surface area contributed by atoms with Crippen molar-refractivity contribution in [3.8, 4) is 11.5 Å². The van der Waals surface area contributed by atoms with Gasteiger partial charge in [-0.15, -0.1) is 0 Å². The van der Waals surface area contributed by atoms with Crippen LogP contribution < -0.4 is 14.8 Å². The Morgan fingerprint density at radius 3 is 2.68 bits per heavy atom. The molecule has 0 amide bonds. The Hall–Kier alpha value is -1.91. The van der Waals surface area contributed by atoms with E-state index in [1.165, 1.54) is 0 Å². The molecular formula is C14H17NO4. The number of rotatable bonds is 4. The molecule has 0 bridgehead atoms. The number of ether oxygens (including phenoxy) is 2. The summed E-state index contributed by atoms with van der Waals surface area (Å²) in [4.78, 5) is 10.8. The second kappa shape index (κ2) is 4.64. The van der Waals surface area contributed by atoms with E-state index in [4.69, 9.17) is 14.6 Å². The Morgan fingerprint density at radius 2 is 2.05 bits per heavy atom. The molecule has 102 valence electrons. The summed E-state index contributed by atoms with van der Waals surface area (Å²) in [5.41, 5.74) is 2.07. The van der Waals surface area contributed by atoms with Gasteiger partial charge in [-0.05, 0) is 30.9 Å². The molecule has 2 N–H and O–H groups in total. The number of hydrogen-bond acceptors (Lipinski definition) is 4. The van der Waals surface area contributed by atoms with Gasteiger partial charge >= 0.3 is 5.97 Å². The highest BCUT2D eigenvalue weighted by molar-refractivity contribution is 5.73. The Bertz CT molecular complexity index is 514. The van der Waals surface area contributed by atoms with E-state index in [1.807, 2.05) is 19.1 Å². The molecular weight excluding hydrogens is 246 g/mol. The zero-order valence-electron chi connectivity index (χ0n) is 10.8. The predicted molar refractivity (Wildman–Crippen MR) is 69.9 cm³/mol. The van der Waals surface area contributed by atoms with Crippen molar-refractivity contribution in [1.29, 1.82) is 0 Å². The molecule has 1 aromatic carbocycles. The summed E-state index contributed by atoms with van der Waals surface area (Å²) < 4.78 is 11.1. The monoisotopic (exact) mass is 263 g/mol. The van der Waals surface area contributed by atoms with Crippen molar-refractivity contribution in [3.05, 3.63) is 17.7 Å². The van der Waals surface area contributed by atoms with Gasteiger partial charge in [0.05, 0.1) is 5.92 Å². The molecule has 2 unspecified atom stereocenters. The molecule has 1 heterocycles. The zero-order valence-corrected chi connectivity index (χ0v) is 10.8. The van der Waals surface area contributed by atoms with Crippen LogP contribution in [0.25, 0.3) is 0 Å². The third-order valence-electron chi connectivity index (χ3n) is 3.68. The highest BCUT2D eigenvalue weighted by atomic mass is 16.6. The SMILES string of the molecule is Cc1cc2c(cc1NCC1CC1C(=O)O)OCCO2. The summed E-state index contributed by atoms with van der Waals surface area (Å²) >= 11 is 0.